The molecule has 1 heterocycles. The van der Waals surface area contributed by atoms with Crippen molar-refractivity contribution in [2.75, 3.05) is 26.8 Å². The molecular formula is C14H26N2O3S2. The quantitative estimate of drug-likeness (QED) is 0.688. The Bertz CT molecular complexity index is 524. The van der Waals surface area contributed by atoms with Crippen molar-refractivity contribution in [3.05, 3.63) is 17.0 Å². The van der Waals surface area contributed by atoms with E-state index in [1.165, 1.54) is 11.3 Å². The van der Waals surface area contributed by atoms with Gasteiger partial charge in [0.25, 0.3) is 0 Å². The van der Waals surface area contributed by atoms with E-state index in [1.54, 1.807) is 13.2 Å². The fourth-order valence-electron chi connectivity index (χ4n) is 1.67. The smallest absolute Gasteiger partial charge is 0.250 e. The number of rotatable bonds is 10. The summed E-state index contributed by atoms with van der Waals surface area (Å²) in [4.78, 5) is 1.02. The van der Waals surface area contributed by atoms with Crippen LogP contribution in [0.3, 0.4) is 0 Å². The van der Waals surface area contributed by atoms with Crippen molar-refractivity contribution < 1.29 is 13.2 Å². The second-order valence-electron chi connectivity index (χ2n) is 5.73. The lowest BCUT2D eigenvalue weighted by atomic mass is 9.90. The standard InChI is InChI=1S/C14H26N2O3S2/c1-5-15-10-12-6-7-13(20-12)21(17,18)16-11-14(2,3)8-9-19-4/h6-7,15-16H,5,8-11H2,1-4H3. The molecule has 0 unspecified atom stereocenters. The average molecular weight is 335 g/mol. The predicted molar refractivity (Wildman–Crippen MR) is 87.2 cm³/mol. The van der Waals surface area contributed by atoms with Gasteiger partial charge in [-0.2, -0.15) is 0 Å². The van der Waals surface area contributed by atoms with E-state index in [1.807, 2.05) is 26.8 Å². The van der Waals surface area contributed by atoms with E-state index >= 15 is 0 Å². The molecule has 1 aromatic rings. The molecule has 1 rings (SSSR count). The van der Waals surface area contributed by atoms with Crippen LogP contribution in [0.25, 0.3) is 0 Å². The van der Waals surface area contributed by atoms with Crippen LogP contribution in [0.4, 0.5) is 0 Å². The van der Waals surface area contributed by atoms with Crippen molar-refractivity contribution in [3.8, 4) is 0 Å². The fraction of sp³-hybridized carbons (Fsp3) is 0.714. The van der Waals surface area contributed by atoms with Crippen molar-refractivity contribution in [1.29, 1.82) is 0 Å². The normalized spacial score (nSPS) is 12.8. The first kappa shape index (κ1) is 18.6. The van der Waals surface area contributed by atoms with Gasteiger partial charge in [0.1, 0.15) is 4.21 Å². The molecule has 7 heteroatoms. The molecular weight excluding hydrogens is 308 g/mol. The maximum absolute atomic E-state index is 12.3. The zero-order valence-corrected chi connectivity index (χ0v) is 14.9. The molecule has 0 aliphatic carbocycles. The SMILES string of the molecule is CCNCc1ccc(S(=O)(=O)NCC(C)(C)CCOC)s1. The summed E-state index contributed by atoms with van der Waals surface area (Å²) in [6, 6.07) is 3.53. The van der Waals surface area contributed by atoms with Gasteiger partial charge in [0, 0.05) is 31.7 Å². The number of methoxy groups -OCH3 is 1. The van der Waals surface area contributed by atoms with Gasteiger partial charge in [-0.15, -0.1) is 11.3 Å². The summed E-state index contributed by atoms with van der Waals surface area (Å²) in [5.41, 5.74) is -0.132. The molecule has 1 aromatic heterocycles. The summed E-state index contributed by atoms with van der Waals surface area (Å²) in [6.45, 7) is 8.68. The van der Waals surface area contributed by atoms with E-state index in [2.05, 4.69) is 10.0 Å². The van der Waals surface area contributed by atoms with Crippen molar-refractivity contribution in [2.45, 2.75) is 37.9 Å². The number of sulfonamides is 1. The summed E-state index contributed by atoms with van der Waals surface area (Å²) in [5.74, 6) is 0. The van der Waals surface area contributed by atoms with Gasteiger partial charge in [0.15, 0.2) is 0 Å². The van der Waals surface area contributed by atoms with E-state index in [0.29, 0.717) is 23.9 Å². The second-order valence-corrected chi connectivity index (χ2v) is 8.89. The molecule has 0 aliphatic rings. The number of thiophene rings is 1. The summed E-state index contributed by atoms with van der Waals surface area (Å²) < 4.78 is 32.7. The van der Waals surface area contributed by atoms with Crippen LogP contribution >= 0.6 is 11.3 Å². The number of ether oxygens (including phenoxy) is 1. The fourth-order valence-corrected chi connectivity index (χ4v) is 4.29. The summed E-state index contributed by atoms with van der Waals surface area (Å²) in [7, 11) is -1.77. The van der Waals surface area contributed by atoms with Crippen LogP contribution in [0.15, 0.2) is 16.3 Å². The van der Waals surface area contributed by atoms with Crippen LogP contribution in [-0.2, 0) is 21.3 Å². The molecule has 0 saturated heterocycles. The van der Waals surface area contributed by atoms with Gasteiger partial charge in [-0.25, -0.2) is 13.1 Å². The molecule has 0 spiro atoms. The highest BCUT2D eigenvalue weighted by Crippen LogP contribution is 2.24. The van der Waals surface area contributed by atoms with Crippen LogP contribution in [0.2, 0.25) is 0 Å². The Morgan fingerprint density at radius 1 is 1.33 bits per heavy atom. The number of hydrogen-bond acceptors (Lipinski definition) is 5. The Morgan fingerprint density at radius 3 is 2.67 bits per heavy atom. The average Bonchev–Trinajstić information content (AvgIpc) is 2.91. The highest BCUT2D eigenvalue weighted by molar-refractivity contribution is 7.91. The minimum Gasteiger partial charge on any atom is -0.385 e. The van der Waals surface area contributed by atoms with Gasteiger partial charge in [0.05, 0.1) is 0 Å². The first-order valence-electron chi connectivity index (χ1n) is 7.09. The highest BCUT2D eigenvalue weighted by atomic mass is 32.2. The second kappa shape index (κ2) is 8.24. The topological polar surface area (TPSA) is 67.4 Å². The van der Waals surface area contributed by atoms with Crippen molar-refractivity contribution >= 4 is 21.4 Å². The Morgan fingerprint density at radius 2 is 2.05 bits per heavy atom. The number of hydrogen-bond donors (Lipinski definition) is 2. The van der Waals surface area contributed by atoms with Gasteiger partial charge in [0.2, 0.25) is 10.0 Å². The molecule has 0 radical (unpaired) electrons. The summed E-state index contributed by atoms with van der Waals surface area (Å²) >= 11 is 1.31. The zero-order chi connectivity index (χ0) is 15.9. The zero-order valence-electron chi connectivity index (χ0n) is 13.2. The van der Waals surface area contributed by atoms with Gasteiger partial charge in [-0.05, 0) is 30.5 Å². The molecule has 0 fully saturated rings. The van der Waals surface area contributed by atoms with Gasteiger partial charge in [-0.1, -0.05) is 20.8 Å². The Labute approximate surface area is 132 Å². The maximum Gasteiger partial charge on any atom is 0.250 e. The van der Waals surface area contributed by atoms with Crippen LogP contribution in [0.5, 0.6) is 0 Å². The molecule has 2 N–H and O–H groups in total. The third-order valence-corrected chi connectivity index (χ3v) is 6.15. The molecule has 0 bridgehead atoms. The van der Waals surface area contributed by atoms with E-state index < -0.39 is 10.0 Å². The van der Waals surface area contributed by atoms with Crippen LogP contribution in [0.1, 0.15) is 32.1 Å². The molecule has 0 atom stereocenters. The minimum atomic E-state index is -3.42. The van der Waals surface area contributed by atoms with E-state index in [4.69, 9.17) is 4.74 Å². The van der Waals surface area contributed by atoms with Crippen LogP contribution < -0.4 is 10.0 Å². The van der Waals surface area contributed by atoms with Gasteiger partial charge >= 0.3 is 0 Å². The van der Waals surface area contributed by atoms with Gasteiger partial charge < -0.3 is 10.1 Å². The molecule has 0 aliphatic heterocycles. The molecule has 122 valence electrons. The lowest BCUT2D eigenvalue weighted by Crippen LogP contribution is -2.34. The Balaban J connectivity index is 2.62. The molecule has 0 aromatic carbocycles. The molecule has 5 nitrogen and oxygen atoms in total. The van der Waals surface area contributed by atoms with Crippen molar-refractivity contribution in [3.63, 3.8) is 0 Å². The number of nitrogens with one attached hydrogen (secondary N) is 2. The maximum atomic E-state index is 12.3. The minimum absolute atomic E-state index is 0.132. The van der Waals surface area contributed by atoms with Gasteiger partial charge in [-0.3, -0.25) is 0 Å². The van der Waals surface area contributed by atoms with Crippen LogP contribution in [-0.4, -0.2) is 35.2 Å². The monoisotopic (exact) mass is 334 g/mol. The Kier molecular flexibility index (Phi) is 7.29. The van der Waals surface area contributed by atoms with Crippen molar-refractivity contribution in [2.24, 2.45) is 5.41 Å². The predicted octanol–water partition coefficient (Wildman–Crippen LogP) is 2.20. The molecule has 21 heavy (non-hydrogen) atoms. The summed E-state index contributed by atoms with van der Waals surface area (Å²) in [5, 5.41) is 3.19. The lowest BCUT2D eigenvalue weighted by molar-refractivity contribution is 0.153. The van der Waals surface area contributed by atoms with E-state index in [0.717, 1.165) is 17.8 Å². The molecule has 0 amide bonds. The van der Waals surface area contributed by atoms with Crippen molar-refractivity contribution in [1.82, 2.24) is 10.0 Å². The van der Waals surface area contributed by atoms with Crippen LogP contribution in [0, 0.1) is 5.41 Å². The first-order chi connectivity index (χ1) is 9.80. The summed E-state index contributed by atoms with van der Waals surface area (Å²) in [6.07, 6.45) is 0.808. The largest absolute Gasteiger partial charge is 0.385 e. The third kappa shape index (κ3) is 6.44. The Hall–Kier alpha value is -0.470. The van der Waals surface area contributed by atoms with E-state index in [-0.39, 0.29) is 5.41 Å². The third-order valence-electron chi connectivity index (χ3n) is 3.17. The molecule has 0 saturated carbocycles. The lowest BCUT2D eigenvalue weighted by Gasteiger charge is -2.24. The van der Waals surface area contributed by atoms with E-state index in [9.17, 15) is 8.42 Å². The highest BCUT2D eigenvalue weighted by Gasteiger charge is 2.23. The first-order valence-corrected chi connectivity index (χ1v) is 9.39.